The van der Waals surface area contributed by atoms with Crippen molar-refractivity contribution in [3.05, 3.63) is 22.4 Å². The van der Waals surface area contributed by atoms with Crippen molar-refractivity contribution in [2.45, 2.75) is 25.6 Å². The van der Waals surface area contributed by atoms with Gasteiger partial charge in [-0.3, -0.25) is 4.79 Å². The van der Waals surface area contributed by atoms with Crippen LogP contribution >= 0.6 is 11.3 Å². The largest absolute Gasteiger partial charge is 0.471 e. The first kappa shape index (κ1) is 16.9. The van der Waals surface area contributed by atoms with Crippen molar-refractivity contribution >= 4 is 17.2 Å². The molecule has 0 spiro atoms. The summed E-state index contributed by atoms with van der Waals surface area (Å²) in [5.41, 5.74) is 0.908. The lowest BCUT2D eigenvalue weighted by molar-refractivity contribution is -0.159. The van der Waals surface area contributed by atoms with Crippen LogP contribution in [-0.2, 0) is 28.7 Å². The zero-order valence-electron chi connectivity index (χ0n) is 12.7. The molecule has 0 fully saturated rings. The molecule has 0 saturated heterocycles. The number of amides is 1. The second kappa shape index (κ2) is 6.52. The number of carbonyl (C=O) groups is 1. The minimum absolute atomic E-state index is 0.00540. The molecule has 2 aromatic heterocycles. The number of alkyl halides is 3. The Labute approximate surface area is 139 Å². The fourth-order valence-electron chi connectivity index (χ4n) is 2.44. The van der Waals surface area contributed by atoms with E-state index in [0.29, 0.717) is 37.4 Å². The van der Waals surface area contributed by atoms with E-state index in [0.717, 1.165) is 10.4 Å². The number of fused-ring (bicyclic) bond motifs is 1. The van der Waals surface area contributed by atoms with Gasteiger partial charge in [0.2, 0.25) is 11.7 Å². The van der Waals surface area contributed by atoms with Gasteiger partial charge in [0.05, 0.1) is 17.9 Å². The molecule has 0 N–H and O–H groups in total. The zero-order valence-corrected chi connectivity index (χ0v) is 13.5. The fraction of sp³-hybridized carbons (Fsp3) is 0.500. The van der Waals surface area contributed by atoms with Gasteiger partial charge in [-0.05, 0) is 18.1 Å². The number of halogens is 3. The molecular formula is C14H14F3N3O3S. The van der Waals surface area contributed by atoms with Crippen molar-refractivity contribution in [1.29, 1.82) is 0 Å². The molecule has 0 unspecified atom stereocenters. The van der Waals surface area contributed by atoms with Gasteiger partial charge in [0, 0.05) is 25.1 Å². The van der Waals surface area contributed by atoms with E-state index in [1.807, 2.05) is 0 Å². The highest BCUT2D eigenvalue weighted by Gasteiger charge is 2.38. The Morgan fingerprint density at radius 1 is 1.50 bits per heavy atom. The number of rotatable bonds is 4. The summed E-state index contributed by atoms with van der Waals surface area (Å²) >= 11 is 1.33. The maximum absolute atomic E-state index is 12.5. The maximum atomic E-state index is 12.5. The van der Waals surface area contributed by atoms with E-state index in [9.17, 15) is 18.0 Å². The van der Waals surface area contributed by atoms with Crippen LogP contribution in [0.5, 0.6) is 0 Å². The fourth-order valence-corrected chi connectivity index (χ4v) is 3.53. The Hall–Kier alpha value is -1.94. The molecule has 0 aromatic carbocycles. The topological polar surface area (TPSA) is 68.5 Å². The third kappa shape index (κ3) is 3.44. The van der Waals surface area contributed by atoms with E-state index >= 15 is 0 Å². The van der Waals surface area contributed by atoms with E-state index in [1.165, 1.54) is 18.4 Å². The average molecular weight is 361 g/mol. The van der Waals surface area contributed by atoms with Gasteiger partial charge in [-0.1, -0.05) is 5.16 Å². The summed E-state index contributed by atoms with van der Waals surface area (Å²) in [5.74, 6) is -1.45. The second-order valence-electron chi connectivity index (χ2n) is 5.29. The highest BCUT2D eigenvalue weighted by Crippen LogP contribution is 2.35. The Morgan fingerprint density at radius 2 is 2.29 bits per heavy atom. The van der Waals surface area contributed by atoms with Crippen molar-refractivity contribution in [3.63, 3.8) is 0 Å². The van der Waals surface area contributed by atoms with Crippen LogP contribution in [0.1, 0.15) is 22.8 Å². The van der Waals surface area contributed by atoms with Crippen LogP contribution in [0.4, 0.5) is 13.2 Å². The predicted molar refractivity (Wildman–Crippen MR) is 78.2 cm³/mol. The van der Waals surface area contributed by atoms with E-state index in [1.54, 1.807) is 11.0 Å². The third-order valence-corrected chi connectivity index (χ3v) is 4.86. The normalized spacial score (nSPS) is 14.8. The van der Waals surface area contributed by atoms with Gasteiger partial charge in [0.25, 0.3) is 0 Å². The highest BCUT2D eigenvalue weighted by molar-refractivity contribution is 7.15. The van der Waals surface area contributed by atoms with Crippen LogP contribution in [0.15, 0.2) is 10.6 Å². The maximum Gasteiger partial charge on any atom is 0.471 e. The summed E-state index contributed by atoms with van der Waals surface area (Å²) in [4.78, 5) is 18.7. The molecule has 24 heavy (non-hydrogen) atoms. The number of thiophene rings is 1. The molecule has 0 bridgehead atoms. The van der Waals surface area contributed by atoms with Gasteiger partial charge in [-0.25, -0.2) is 0 Å². The van der Waals surface area contributed by atoms with Gasteiger partial charge >= 0.3 is 12.1 Å². The lowest BCUT2D eigenvalue weighted by Crippen LogP contribution is -2.35. The molecule has 3 heterocycles. The quantitative estimate of drug-likeness (QED) is 0.838. The van der Waals surface area contributed by atoms with E-state index in [4.69, 9.17) is 4.74 Å². The Morgan fingerprint density at radius 3 is 2.96 bits per heavy atom. The van der Waals surface area contributed by atoms with E-state index in [-0.39, 0.29) is 11.7 Å². The number of methoxy groups -OCH3 is 1. The van der Waals surface area contributed by atoms with Crippen LogP contribution in [0.25, 0.3) is 10.7 Å². The number of hydrogen-bond donors (Lipinski definition) is 0. The molecule has 1 amide bonds. The Balaban J connectivity index is 1.76. The number of carbonyl (C=O) groups excluding carboxylic acids is 1. The molecule has 0 aliphatic carbocycles. The summed E-state index contributed by atoms with van der Waals surface area (Å²) in [6.45, 7) is 1.37. The molecule has 10 heteroatoms. The smallest absolute Gasteiger partial charge is 0.384 e. The molecule has 1 aliphatic rings. The minimum atomic E-state index is -4.66. The monoisotopic (exact) mass is 361 g/mol. The van der Waals surface area contributed by atoms with Gasteiger partial charge < -0.3 is 14.2 Å². The van der Waals surface area contributed by atoms with Crippen LogP contribution in [0, 0.1) is 0 Å². The highest BCUT2D eigenvalue weighted by atomic mass is 32.1. The Kier molecular flexibility index (Phi) is 4.59. The minimum Gasteiger partial charge on any atom is -0.384 e. The summed E-state index contributed by atoms with van der Waals surface area (Å²) < 4.78 is 46.8. The van der Waals surface area contributed by atoms with Crippen LogP contribution < -0.4 is 0 Å². The lowest BCUT2D eigenvalue weighted by atomic mass is 10.1. The number of aromatic nitrogens is 2. The first-order valence-electron chi connectivity index (χ1n) is 7.18. The number of ether oxygens (including phenoxy) is 1. The summed E-state index contributed by atoms with van der Waals surface area (Å²) in [7, 11) is 1.53. The van der Waals surface area contributed by atoms with Crippen molar-refractivity contribution < 1.29 is 27.2 Å². The van der Waals surface area contributed by atoms with Crippen molar-refractivity contribution in [2.75, 3.05) is 20.3 Å². The second-order valence-corrected chi connectivity index (χ2v) is 6.42. The first-order chi connectivity index (χ1) is 11.4. The number of nitrogens with zero attached hydrogens (tertiary/aromatic N) is 3. The summed E-state index contributed by atoms with van der Waals surface area (Å²) in [6.07, 6.45) is -3.70. The molecule has 2 aromatic rings. The number of hydrogen-bond acceptors (Lipinski definition) is 6. The van der Waals surface area contributed by atoms with Gasteiger partial charge in [0.15, 0.2) is 0 Å². The van der Waals surface area contributed by atoms with Crippen molar-refractivity contribution in [2.24, 2.45) is 0 Å². The van der Waals surface area contributed by atoms with E-state index in [2.05, 4.69) is 14.7 Å². The molecule has 3 rings (SSSR count). The SMILES string of the molecule is COCCC(=O)N1CCc2sc(-c3noc(C(F)(F)F)n3)cc2C1. The van der Waals surface area contributed by atoms with Gasteiger partial charge in [-0.2, -0.15) is 18.2 Å². The Bertz CT molecular complexity index is 741. The molecule has 130 valence electrons. The summed E-state index contributed by atoms with van der Waals surface area (Å²) in [6, 6.07) is 1.72. The third-order valence-electron chi connectivity index (χ3n) is 3.63. The molecule has 0 radical (unpaired) electrons. The first-order valence-corrected chi connectivity index (χ1v) is 7.99. The van der Waals surface area contributed by atoms with Gasteiger partial charge in [0.1, 0.15) is 0 Å². The van der Waals surface area contributed by atoms with Crippen LogP contribution in [-0.4, -0.2) is 41.2 Å². The molecule has 6 nitrogen and oxygen atoms in total. The summed E-state index contributed by atoms with van der Waals surface area (Å²) in [5, 5.41) is 3.40. The van der Waals surface area contributed by atoms with Gasteiger partial charge in [-0.15, -0.1) is 11.3 Å². The van der Waals surface area contributed by atoms with Crippen molar-refractivity contribution in [3.8, 4) is 10.7 Å². The molecular weight excluding hydrogens is 347 g/mol. The molecule has 0 saturated carbocycles. The molecule has 1 aliphatic heterocycles. The van der Waals surface area contributed by atoms with Crippen LogP contribution in [0.2, 0.25) is 0 Å². The average Bonchev–Trinajstić information content (AvgIpc) is 3.17. The zero-order chi connectivity index (χ0) is 17.3. The standard InChI is InChI=1S/C14H14F3N3O3S/c1-22-5-3-11(21)20-4-2-9-8(7-20)6-10(24-9)12-18-13(23-19-12)14(15,16)17/h6H,2-5,7H2,1H3. The lowest BCUT2D eigenvalue weighted by Gasteiger charge is -2.26. The van der Waals surface area contributed by atoms with Crippen LogP contribution in [0.3, 0.4) is 0 Å². The molecule has 0 atom stereocenters. The predicted octanol–water partition coefficient (Wildman–Crippen LogP) is 2.74. The van der Waals surface area contributed by atoms with Crippen molar-refractivity contribution in [1.82, 2.24) is 15.0 Å². The van der Waals surface area contributed by atoms with E-state index < -0.39 is 12.1 Å².